The Morgan fingerprint density at radius 3 is 2.68 bits per heavy atom. The molecule has 116 valence electrons. The molecule has 0 spiro atoms. The van der Waals surface area contributed by atoms with Crippen LogP contribution in [0.5, 0.6) is 0 Å². The molecule has 0 unspecified atom stereocenters. The van der Waals surface area contributed by atoms with E-state index in [9.17, 15) is 0 Å². The quantitative estimate of drug-likeness (QED) is 0.491. The fourth-order valence-electron chi connectivity index (χ4n) is 2.95. The topological polar surface area (TPSA) is 17.8 Å². The van der Waals surface area contributed by atoms with Crippen LogP contribution < -0.4 is 0 Å². The van der Waals surface area contributed by atoms with Crippen molar-refractivity contribution in [1.29, 1.82) is 0 Å². The number of benzene rings is 1. The summed E-state index contributed by atoms with van der Waals surface area (Å²) in [6.07, 6.45) is 7.52. The molecule has 0 aliphatic carbocycles. The van der Waals surface area contributed by atoms with E-state index in [-0.39, 0.29) is 0 Å². The number of imidazole rings is 1. The third-order valence-corrected chi connectivity index (χ3v) is 5.01. The fraction of sp³-hybridized carbons (Fsp3) is 0.421. The molecule has 2 heterocycles. The third kappa shape index (κ3) is 3.58. The second-order valence-corrected chi connectivity index (χ2v) is 6.87. The van der Waals surface area contributed by atoms with Gasteiger partial charge < -0.3 is 4.57 Å². The molecule has 0 aliphatic rings. The number of para-hydroxylation sites is 2. The molecule has 3 rings (SSSR count). The van der Waals surface area contributed by atoms with Crippen LogP contribution in [0.3, 0.4) is 0 Å². The summed E-state index contributed by atoms with van der Waals surface area (Å²) in [5, 5.41) is 2.15. The molecule has 0 aliphatic heterocycles. The first-order chi connectivity index (χ1) is 10.9. The third-order valence-electron chi connectivity index (χ3n) is 4.13. The molecule has 0 saturated carbocycles. The molecule has 22 heavy (non-hydrogen) atoms. The van der Waals surface area contributed by atoms with Gasteiger partial charge in [-0.15, -0.1) is 11.3 Å². The van der Waals surface area contributed by atoms with Crippen LogP contribution >= 0.6 is 11.3 Å². The van der Waals surface area contributed by atoms with Crippen LogP contribution in [0.15, 0.2) is 41.8 Å². The van der Waals surface area contributed by atoms with Crippen LogP contribution in [-0.4, -0.2) is 9.55 Å². The zero-order chi connectivity index (χ0) is 15.2. The van der Waals surface area contributed by atoms with Gasteiger partial charge in [0.05, 0.1) is 11.0 Å². The van der Waals surface area contributed by atoms with E-state index in [0.717, 1.165) is 18.5 Å². The Morgan fingerprint density at radius 2 is 1.86 bits per heavy atom. The predicted molar refractivity (Wildman–Crippen MR) is 95.6 cm³/mol. The molecule has 0 fully saturated rings. The number of unbranched alkanes of at least 4 members (excludes halogenated alkanes) is 4. The maximum Gasteiger partial charge on any atom is 0.115 e. The second kappa shape index (κ2) is 7.59. The zero-order valence-corrected chi connectivity index (χ0v) is 14.1. The van der Waals surface area contributed by atoms with Gasteiger partial charge in [-0.3, -0.25) is 0 Å². The van der Waals surface area contributed by atoms with Gasteiger partial charge in [0.15, 0.2) is 0 Å². The van der Waals surface area contributed by atoms with E-state index >= 15 is 0 Å². The number of aryl methyl sites for hydroxylation is 1. The summed E-state index contributed by atoms with van der Waals surface area (Å²) in [6.45, 7) is 3.35. The second-order valence-electron chi connectivity index (χ2n) is 5.84. The molecule has 0 N–H and O–H groups in total. The Hall–Kier alpha value is -1.61. The number of nitrogens with zero attached hydrogens (tertiary/aromatic N) is 2. The van der Waals surface area contributed by atoms with Crippen LogP contribution in [0.1, 0.15) is 49.7 Å². The van der Waals surface area contributed by atoms with E-state index < -0.39 is 0 Å². The van der Waals surface area contributed by atoms with Crippen molar-refractivity contribution in [2.75, 3.05) is 0 Å². The fourth-order valence-corrected chi connectivity index (χ4v) is 3.65. The first-order valence-corrected chi connectivity index (χ1v) is 9.23. The van der Waals surface area contributed by atoms with Crippen molar-refractivity contribution in [3.05, 3.63) is 52.5 Å². The van der Waals surface area contributed by atoms with E-state index in [0.29, 0.717) is 0 Å². The molecule has 0 saturated heterocycles. The van der Waals surface area contributed by atoms with E-state index in [4.69, 9.17) is 4.98 Å². The van der Waals surface area contributed by atoms with Gasteiger partial charge in [-0.1, -0.05) is 50.8 Å². The van der Waals surface area contributed by atoms with Gasteiger partial charge in [0.2, 0.25) is 0 Å². The van der Waals surface area contributed by atoms with Crippen molar-refractivity contribution in [1.82, 2.24) is 9.55 Å². The van der Waals surface area contributed by atoms with Crippen LogP contribution in [0.2, 0.25) is 0 Å². The number of hydrogen-bond acceptors (Lipinski definition) is 2. The standard InChI is InChI=1S/C19H24N2S/c1-2-3-4-5-8-13-21-18-12-7-6-11-17(18)20-19(21)15-16-10-9-14-22-16/h6-7,9-12,14H,2-5,8,13,15H2,1H3. The number of aromatic nitrogens is 2. The molecular formula is C19H24N2S. The average molecular weight is 312 g/mol. The zero-order valence-electron chi connectivity index (χ0n) is 13.3. The first-order valence-electron chi connectivity index (χ1n) is 8.35. The van der Waals surface area contributed by atoms with Gasteiger partial charge in [-0.25, -0.2) is 4.98 Å². The Bertz CT molecular complexity index is 697. The van der Waals surface area contributed by atoms with Crippen molar-refractivity contribution < 1.29 is 0 Å². The SMILES string of the molecule is CCCCCCCn1c(Cc2cccs2)nc2ccccc21. The minimum Gasteiger partial charge on any atom is -0.328 e. The molecule has 2 aromatic heterocycles. The highest BCUT2D eigenvalue weighted by molar-refractivity contribution is 7.09. The number of fused-ring (bicyclic) bond motifs is 1. The van der Waals surface area contributed by atoms with Crippen LogP contribution in [0.25, 0.3) is 11.0 Å². The van der Waals surface area contributed by atoms with Crippen LogP contribution in [-0.2, 0) is 13.0 Å². The summed E-state index contributed by atoms with van der Waals surface area (Å²) in [7, 11) is 0. The normalized spacial score (nSPS) is 11.3. The van der Waals surface area contributed by atoms with Gasteiger partial charge in [0.25, 0.3) is 0 Å². The van der Waals surface area contributed by atoms with Crippen LogP contribution in [0.4, 0.5) is 0 Å². The van der Waals surface area contributed by atoms with Crippen molar-refractivity contribution in [3.63, 3.8) is 0 Å². The molecule has 0 amide bonds. The average Bonchev–Trinajstić information content (AvgIpc) is 3.16. The molecular weight excluding hydrogens is 288 g/mol. The van der Waals surface area contributed by atoms with Crippen molar-refractivity contribution in [2.24, 2.45) is 0 Å². The maximum absolute atomic E-state index is 4.87. The smallest absolute Gasteiger partial charge is 0.115 e. The summed E-state index contributed by atoms with van der Waals surface area (Å²) in [4.78, 5) is 6.26. The van der Waals surface area contributed by atoms with Gasteiger partial charge in [-0.05, 0) is 30.0 Å². The lowest BCUT2D eigenvalue weighted by atomic mass is 10.1. The summed E-state index contributed by atoms with van der Waals surface area (Å²) in [5.74, 6) is 1.21. The maximum atomic E-state index is 4.87. The van der Waals surface area contributed by atoms with Crippen LogP contribution in [0, 0.1) is 0 Å². The number of thiophene rings is 1. The molecule has 0 atom stereocenters. The molecule has 2 nitrogen and oxygen atoms in total. The summed E-state index contributed by atoms with van der Waals surface area (Å²) in [6, 6.07) is 12.9. The Balaban J connectivity index is 1.78. The lowest BCUT2D eigenvalue weighted by Gasteiger charge is -2.08. The molecule has 3 aromatic rings. The Labute approximate surface area is 136 Å². The highest BCUT2D eigenvalue weighted by Gasteiger charge is 2.11. The van der Waals surface area contributed by atoms with E-state index in [1.807, 2.05) is 11.3 Å². The van der Waals surface area contributed by atoms with Gasteiger partial charge in [0.1, 0.15) is 5.82 Å². The molecule has 1 aromatic carbocycles. The lowest BCUT2D eigenvalue weighted by molar-refractivity contribution is 0.565. The Morgan fingerprint density at radius 1 is 1.00 bits per heavy atom. The van der Waals surface area contributed by atoms with E-state index in [1.54, 1.807) is 0 Å². The van der Waals surface area contributed by atoms with E-state index in [2.05, 4.69) is 53.3 Å². The highest BCUT2D eigenvalue weighted by atomic mass is 32.1. The Kier molecular flexibility index (Phi) is 5.28. The lowest BCUT2D eigenvalue weighted by Crippen LogP contribution is -2.04. The number of hydrogen-bond donors (Lipinski definition) is 0. The predicted octanol–water partition coefficient (Wildman–Crippen LogP) is 5.66. The van der Waals surface area contributed by atoms with Gasteiger partial charge in [0, 0.05) is 17.8 Å². The number of rotatable bonds is 8. The van der Waals surface area contributed by atoms with E-state index in [1.165, 1.54) is 48.3 Å². The molecule has 0 bridgehead atoms. The summed E-state index contributed by atoms with van der Waals surface area (Å²) >= 11 is 1.82. The minimum atomic E-state index is 0.946. The summed E-state index contributed by atoms with van der Waals surface area (Å²) < 4.78 is 2.43. The monoisotopic (exact) mass is 312 g/mol. The molecule has 0 radical (unpaired) electrons. The minimum absolute atomic E-state index is 0.946. The van der Waals surface area contributed by atoms with Gasteiger partial charge in [-0.2, -0.15) is 0 Å². The highest BCUT2D eigenvalue weighted by Crippen LogP contribution is 2.21. The van der Waals surface area contributed by atoms with Crippen molar-refractivity contribution >= 4 is 22.4 Å². The first kappa shape index (κ1) is 15.3. The van der Waals surface area contributed by atoms with Crippen molar-refractivity contribution in [3.8, 4) is 0 Å². The molecule has 3 heteroatoms. The van der Waals surface area contributed by atoms with Crippen molar-refractivity contribution in [2.45, 2.75) is 52.0 Å². The summed E-state index contributed by atoms with van der Waals surface area (Å²) in [5.41, 5.74) is 2.41. The largest absolute Gasteiger partial charge is 0.328 e. The van der Waals surface area contributed by atoms with Gasteiger partial charge >= 0.3 is 0 Å².